The molecule has 0 radical (unpaired) electrons. The molecular formula is C24H55BrFN3O7Si2. The average molecular weight is 655 g/mol. The summed E-state index contributed by atoms with van der Waals surface area (Å²) in [6.45, 7) is 13.3. The normalized spacial score (nSPS) is 10.8. The van der Waals surface area contributed by atoms with Gasteiger partial charge >= 0.3 is 17.9 Å². The molecule has 0 aliphatic rings. The Morgan fingerprint density at radius 2 is 1.08 bits per heavy atom. The molecule has 4 N–H and O–H groups in total. The number of likely N-dealkylation sites (N-methyl/N-ethyl adjacent to an activating group) is 2. The molecule has 0 fully saturated rings. The first kappa shape index (κ1) is 49.3. The number of alkyl halides is 1. The van der Waals surface area contributed by atoms with Gasteiger partial charge in [-0.3, -0.25) is 4.70 Å². The van der Waals surface area contributed by atoms with Gasteiger partial charge in [-0.25, -0.2) is 14.4 Å². The molecule has 0 aliphatic heterocycles. The van der Waals surface area contributed by atoms with Gasteiger partial charge in [0.1, 0.15) is 0 Å². The summed E-state index contributed by atoms with van der Waals surface area (Å²) in [7, 11) is 8.02. The van der Waals surface area contributed by atoms with Crippen molar-refractivity contribution in [3.8, 4) is 0 Å². The standard InChI is InChI=1S/C9H19NO2Si.C7H13BrO2Si.C6H11NO2.C2H7N.FH.H2O.H2/c1-10(2)8-6-7-9(11)12-13(3,4)5;1-11(2,3)10-7(9)5-4-6-8;1-7(2)5-3-4-6(8)9;1-3-2;;;/h6-7H,8H2,1-5H3;4-5H,6H2,1-3H3;3-4H,5H2,1-2H3,(H,8,9);3H,1-2H3;1H;1H2;1H/b7-6+;5-4+;4-3+;;;;/i;;;;;;1+2. The lowest BCUT2D eigenvalue weighted by atomic mass is 10.5. The number of carbonyl (C=O) groups excluding carboxylic acids is 2. The first-order chi connectivity index (χ1) is 16.3. The van der Waals surface area contributed by atoms with Gasteiger partial charge in [0.05, 0.1) is 0 Å². The van der Waals surface area contributed by atoms with Gasteiger partial charge in [-0.05, 0) is 81.6 Å². The Balaban J connectivity index is -0.0000000730. The van der Waals surface area contributed by atoms with Crippen LogP contribution in [-0.4, -0.2) is 116 Å². The third-order valence-electron chi connectivity index (χ3n) is 2.61. The maximum absolute atomic E-state index is 11.1. The van der Waals surface area contributed by atoms with E-state index in [9.17, 15) is 14.4 Å². The number of aliphatic carboxylic acids is 1. The van der Waals surface area contributed by atoms with E-state index in [1.165, 1.54) is 12.2 Å². The van der Waals surface area contributed by atoms with Crippen molar-refractivity contribution >= 4 is 50.5 Å². The summed E-state index contributed by atoms with van der Waals surface area (Å²) in [5.74, 6) is -1.35. The van der Waals surface area contributed by atoms with E-state index in [2.05, 4.69) is 21.2 Å². The first-order valence-corrected chi connectivity index (χ1v) is 19.4. The van der Waals surface area contributed by atoms with E-state index in [0.717, 1.165) is 12.6 Å². The van der Waals surface area contributed by atoms with E-state index in [0.29, 0.717) is 11.9 Å². The minimum Gasteiger partial charge on any atom is -0.517 e. The van der Waals surface area contributed by atoms with E-state index in [1.807, 2.05) is 97.4 Å². The third kappa shape index (κ3) is 64.4. The lowest BCUT2D eigenvalue weighted by Gasteiger charge is -2.15. The monoisotopic (exact) mass is 653 g/mol. The average Bonchev–Trinajstić information content (AvgIpc) is 2.64. The number of hydrogen-bond donors (Lipinski definition) is 2. The highest BCUT2D eigenvalue weighted by atomic mass is 79.9. The van der Waals surface area contributed by atoms with Crippen molar-refractivity contribution < 1.29 is 39.9 Å². The van der Waals surface area contributed by atoms with E-state index in [4.69, 9.17) is 14.0 Å². The number of rotatable bonds is 10. The Bertz CT molecular complexity index is 688. The van der Waals surface area contributed by atoms with Crippen molar-refractivity contribution in [1.29, 1.82) is 0 Å². The van der Waals surface area contributed by atoms with Crippen molar-refractivity contribution in [2.24, 2.45) is 0 Å². The minimum atomic E-state index is -1.71. The smallest absolute Gasteiger partial charge is 0.328 e. The summed E-state index contributed by atoms with van der Waals surface area (Å²) in [5.41, 5.74) is 0. The summed E-state index contributed by atoms with van der Waals surface area (Å²) < 4.78 is 10.3. The van der Waals surface area contributed by atoms with Crippen molar-refractivity contribution in [1.82, 2.24) is 15.1 Å². The molecule has 0 aliphatic carbocycles. The Hall–Kier alpha value is -1.69. The van der Waals surface area contributed by atoms with Crippen LogP contribution in [0.1, 0.15) is 1.43 Å². The fourth-order valence-electron chi connectivity index (χ4n) is 1.54. The molecule has 0 aromatic carbocycles. The predicted octanol–water partition coefficient (Wildman–Crippen LogP) is 3.40. The number of carboxylic acids is 1. The lowest BCUT2D eigenvalue weighted by Crippen LogP contribution is -2.28. The van der Waals surface area contributed by atoms with Crippen LogP contribution in [0.15, 0.2) is 36.5 Å². The molecule has 38 heavy (non-hydrogen) atoms. The Labute approximate surface area is 241 Å². The predicted molar refractivity (Wildman–Crippen MR) is 168 cm³/mol. The molecule has 0 saturated carbocycles. The van der Waals surface area contributed by atoms with Crippen LogP contribution < -0.4 is 5.32 Å². The maximum atomic E-state index is 11.1. The fraction of sp³-hybridized carbons (Fsp3) is 0.625. The van der Waals surface area contributed by atoms with E-state index >= 15 is 0 Å². The Morgan fingerprint density at radius 3 is 1.32 bits per heavy atom. The molecule has 0 atom stereocenters. The molecule has 0 unspecified atom stereocenters. The van der Waals surface area contributed by atoms with Crippen molar-refractivity contribution in [2.75, 3.05) is 60.7 Å². The van der Waals surface area contributed by atoms with Gasteiger partial charge in [0.15, 0.2) is 0 Å². The van der Waals surface area contributed by atoms with Crippen LogP contribution in [0.2, 0.25) is 39.3 Å². The maximum Gasteiger partial charge on any atom is 0.328 e. The zero-order valence-electron chi connectivity index (χ0n) is 25.3. The quantitative estimate of drug-likeness (QED) is 0.206. The SMILES string of the molecule is CN(C)C/C=C/C(=O)O.CN(C)C/C=C/C(=O)O[Si](C)(C)C.CNC.C[Si](C)(C)OC(=O)/C=C/CBr.F.O.[3HH]. The second kappa shape index (κ2) is 29.9. The second-order valence-electron chi connectivity index (χ2n) is 9.79. The highest BCUT2D eigenvalue weighted by Gasteiger charge is 2.18. The topological polar surface area (TPSA) is 140 Å². The number of carboxylic acid groups (broad SMARTS) is 1. The fourth-order valence-corrected chi connectivity index (χ4v) is 3.07. The number of nitrogens with zero attached hydrogens (tertiary/aromatic N) is 2. The van der Waals surface area contributed by atoms with Crippen LogP contribution >= 0.6 is 15.9 Å². The van der Waals surface area contributed by atoms with Crippen LogP contribution in [0.3, 0.4) is 0 Å². The summed E-state index contributed by atoms with van der Waals surface area (Å²) >= 11 is 3.17. The van der Waals surface area contributed by atoms with Crippen molar-refractivity contribution in [3.05, 3.63) is 36.5 Å². The summed E-state index contributed by atoms with van der Waals surface area (Å²) in [6.07, 6.45) is 9.22. The summed E-state index contributed by atoms with van der Waals surface area (Å²) in [5, 5.41) is 11.6. The lowest BCUT2D eigenvalue weighted by molar-refractivity contribution is -0.132. The van der Waals surface area contributed by atoms with Crippen LogP contribution in [0.25, 0.3) is 0 Å². The van der Waals surface area contributed by atoms with Gasteiger partial charge in [-0.2, -0.15) is 0 Å². The van der Waals surface area contributed by atoms with E-state index in [1.54, 1.807) is 12.2 Å². The molecule has 0 aromatic heterocycles. The van der Waals surface area contributed by atoms with Crippen molar-refractivity contribution in [2.45, 2.75) is 39.3 Å². The van der Waals surface area contributed by atoms with Gasteiger partial charge in [-0.15, -0.1) is 0 Å². The molecule has 14 heteroatoms. The summed E-state index contributed by atoms with van der Waals surface area (Å²) in [4.78, 5) is 35.8. The van der Waals surface area contributed by atoms with Crippen molar-refractivity contribution in [3.63, 3.8) is 0 Å². The van der Waals surface area contributed by atoms with Gasteiger partial charge in [0.2, 0.25) is 16.6 Å². The van der Waals surface area contributed by atoms with Gasteiger partial charge in [-0.1, -0.05) is 34.2 Å². The number of hydrogen-bond acceptors (Lipinski definition) is 8. The van der Waals surface area contributed by atoms with Gasteiger partial charge in [0, 0.05) is 38.1 Å². The molecule has 0 aromatic rings. The van der Waals surface area contributed by atoms with Gasteiger partial charge in [0.25, 0.3) is 0 Å². The highest BCUT2D eigenvalue weighted by Crippen LogP contribution is 2.03. The molecular weight excluding hydrogens is 597 g/mol. The Morgan fingerprint density at radius 1 is 0.789 bits per heavy atom. The molecule has 0 saturated heterocycles. The number of carbonyl (C=O) groups is 3. The molecule has 230 valence electrons. The van der Waals surface area contributed by atoms with Gasteiger partial charge < -0.3 is 34.6 Å². The molecule has 0 spiro atoms. The molecule has 0 bridgehead atoms. The zero-order chi connectivity index (χ0) is 29.4. The molecule has 0 amide bonds. The number of halogens is 2. The largest absolute Gasteiger partial charge is 0.517 e. The van der Waals surface area contributed by atoms with E-state index in [-0.39, 0.29) is 23.5 Å². The highest BCUT2D eigenvalue weighted by molar-refractivity contribution is 9.09. The molecule has 10 nitrogen and oxygen atoms in total. The minimum absolute atomic E-state index is 0. The zero-order valence-corrected chi connectivity index (χ0v) is 28.8. The molecule has 0 heterocycles. The Kier molecular flexibility index (Phi) is 38.7. The van der Waals surface area contributed by atoms with Crippen LogP contribution in [0, 0.1) is 0 Å². The van der Waals surface area contributed by atoms with E-state index < -0.39 is 22.6 Å². The number of nitrogens with one attached hydrogen (secondary N) is 1. The van der Waals surface area contributed by atoms with Crippen LogP contribution in [-0.2, 0) is 23.2 Å². The van der Waals surface area contributed by atoms with Crippen LogP contribution in [0.4, 0.5) is 4.70 Å². The first-order valence-electron chi connectivity index (χ1n) is 11.4. The molecule has 0 rings (SSSR count). The summed E-state index contributed by atoms with van der Waals surface area (Å²) in [6, 6.07) is 0. The second-order valence-corrected chi connectivity index (χ2v) is 19.3. The third-order valence-corrected chi connectivity index (χ3v) is 4.61. The van der Waals surface area contributed by atoms with Crippen LogP contribution in [0.5, 0.6) is 0 Å². The number of allylic oxidation sites excluding steroid dienone is 1.